The molecule has 1 unspecified atom stereocenters. The second kappa shape index (κ2) is 6.08. The monoisotopic (exact) mass is 231 g/mol. The van der Waals surface area contributed by atoms with Gasteiger partial charge in [-0.3, -0.25) is 0 Å². The number of nitrogens with two attached hydrogens (primary N) is 1. The molecule has 0 spiro atoms. The molecular formula is C11H15F2NS. The molecule has 0 aromatic heterocycles. The molecule has 1 rings (SSSR count). The highest BCUT2D eigenvalue weighted by Gasteiger charge is 2.11. The Bertz CT molecular complexity index is 304. The predicted molar refractivity (Wildman–Crippen MR) is 60.6 cm³/mol. The Morgan fingerprint density at radius 3 is 2.60 bits per heavy atom. The fourth-order valence-electron chi connectivity index (χ4n) is 1.30. The molecule has 0 amide bonds. The Hall–Kier alpha value is -0.610. The molecule has 0 aliphatic heterocycles. The van der Waals surface area contributed by atoms with Crippen molar-refractivity contribution >= 4 is 11.8 Å². The van der Waals surface area contributed by atoms with E-state index in [0.717, 1.165) is 10.5 Å². The molecule has 0 bridgehead atoms. The summed E-state index contributed by atoms with van der Waals surface area (Å²) in [4.78, 5) is 0.913. The molecule has 2 N–H and O–H groups in total. The summed E-state index contributed by atoms with van der Waals surface area (Å²) in [5.74, 6) is 0.0558. The molecule has 84 valence electrons. The minimum absolute atomic E-state index is 0.158. The average Bonchev–Trinajstić information content (AvgIpc) is 2.25. The van der Waals surface area contributed by atoms with Gasteiger partial charge in [0.15, 0.2) is 0 Å². The van der Waals surface area contributed by atoms with Gasteiger partial charge in [0.1, 0.15) is 0 Å². The minimum atomic E-state index is -2.27. The quantitative estimate of drug-likeness (QED) is 0.788. The van der Waals surface area contributed by atoms with Crippen molar-refractivity contribution in [3.8, 4) is 0 Å². The zero-order chi connectivity index (χ0) is 11.3. The van der Waals surface area contributed by atoms with Crippen molar-refractivity contribution in [1.29, 1.82) is 0 Å². The number of hydrogen-bond acceptors (Lipinski definition) is 2. The summed E-state index contributed by atoms with van der Waals surface area (Å²) in [6, 6.07) is 7.59. The normalized spacial score (nSPS) is 13.1. The van der Waals surface area contributed by atoms with Crippen LogP contribution < -0.4 is 5.73 Å². The summed E-state index contributed by atoms with van der Waals surface area (Å²) < 4.78 is 24.2. The number of hydrogen-bond donors (Lipinski definition) is 1. The number of thioether (sulfide) groups is 1. The maximum absolute atomic E-state index is 12.1. The van der Waals surface area contributed by atoms with Gasteiger partial charge in [0.2, 0.25) is 6.43 Å². The van der Waals surface area contributed by atoms with Crippen molar-refractivity contribution in [2.75, 3.05) is 12.3 Å². The van der Waals surface area contributed by atoms with Gasteiger partial charge in [-0.15, -0.1) is 11.8 Å². The van der Waals surface area contributed by atoms with Gasteiger partial charge in [0.05, 0.1) is 5.75 Å². The first-order chi connectivity index (χ1) is 7.15. The molecule has 0 saturated heterocycles. The van der Waals surface area contributed by atoms with Gasteiger partial charge in [-0.05, 0) is 24.1 Å². The fraction of sp³-hybridized carbons (Fsp3) is 0.455. The van der Waals surface area contributed by atoms with E-state index in [4.69, 9.17) is 5.73 Å². The van der Waals surface area contributed by atoms with Crippen molar-refractivity contribution in [3.63, 3.8) is 0 Å². The van der Waals surface area contributed by atoms with Gasteiger partial charge >= 0.3 is 0 Å². The standard InChI is InChI=1S/C11H15F2NS/c1-8(6-14)9-4-2-3-5-10(9)15-7-11(12)13/h2-5,8,11H,6-7,14H2,1H3. The number of halogens is 2. The first-order valence-electron chi connectivity index (χ1n) is 4.85. The third kappa shape index (κ3) is 3.80. The molecule has 0 heterocycles. The van der Waals surface area contributed by atoms with Crippen molar-refractivity contribution in [1.82, 2.24) is 0 Å². The Labute approximate surface area is 93.1 Å². The van der Waals surface area contributed by atoms with E-state index in [2.05, 4.69) is 0 Å². The first kappa shape index (κ1) is 12.5. The number of benzene rings is 1. The van der Waals surface area contributed by atoms with E-state index in [-0.39, 0.29) is 11.7 Å². The average molecular weight is 231 g/mol. The highest BCUT2D eigenvalue weighted by Crippen LogP contribution is 2.28. The molecule has 0 aliphatic carbocycles. The Morgan fingerprint density at radius 1 is 1.33 bits per heavy atom. The molecule has 0 fully saturated rings. The van der Waals surface area contributed by atoms with Crippen LogP contribution in [0, 0.1) is 0 Å². The lowest BCUT2D eigenvalue weighted by molar-refractivity contribution is 0.177. The fourth-order valence-corrected chi connectivity index (χ4v) is 2.22. The molecule has 0 radical (unpaired) electrons. The van der Waals surface area contributed by atoms with Crippen LogP contribution >= 0.6 is 11.8 Å². The van der Waals surface area contributed by atoms with Crippen molar-refractivity contribution < 1.29 is 8.78 Å². The topological polar surface area (TPSA) is 26.0 Å². The molecular weight excluding hydrogens is 216 g/mol. The van der Waals surface area contributed by atoms with Crippen LogP contribution in [0.5, 0.6) is 0 Å². The van der Waals surface area contributed by atoms with E-state index < -0.39 is 6.43 Å². The van der Waals surface area contributed by atoms with Gasteiger partial charge in [-0.1, -0.05) is 25.1 Å². The van der Waals surface area contributed by atoms with Gasteiger partial charge in [0, 0.05) is 4.90 Å². The van der Waals surface area contributed by atoms with Crippen LogP contribution in [0.25, 0.3) is 0 Å². The molecule has 1 aromatic rings. The molecule has 0 saturated carbocycles. The highest BCUT2D eigenvalue weighted by atomic mass is 32.2. The second-order valence-electron chi connectivity index (χ2n) is 3.38. The van der Waals surface area contributed by atoms with E-state index in [1.807, 2.05) is 31.2 Å². The van der Waals surface area contributed by atoms with E-state index in [1.54, 1.807) is 0 Å². The van der Waals surface area contributed by atoms with Gasteiger partial charge < -0.3 is 5.73 Å². The highest BCUT2D eigenvalue weighted by molar-refractivity contribution is 7.99. The van der Waals surface area contributed by atoms with Gasteiger partial charge in [-0.25, -0.2) is 8.78 Å². The Kier molecular flexibility index (Phi) is 5.05. The molecule has 0 aliphatic rings. The Balaban J connectivity index is 2.77. The lowest BCUT2D eigenvalue weighted by atomic mass is 10.0. The number of rotatable bonds is 5. The van der Waals surface area contributed by atoms with Crippen molar-refractivity contribution in [2.24, 2.45) is 5.73 Å². The SMILES string of the molecule is CC(CN)c1ccccc1SCC(F)F. The molecule has 1 nitrogen and oxygen atoms in total. The largest absolute Gasteiger partial charge is 0.330 e. The van der Waals surface area contributed by atoms with E-state index in [0.29, 0.717) is 6.54 Å². The molecule has 4 heteroatoms. The second-order valence-corrected chi connectivity index (χ2v) is 4.44. The van der Waals surface area contributed by atoms with Crippen molar-refractivity contribution in [3.05, 3.63) is 29.8 Å². The van der Waals surface area contributed by atoms with Crippen LogP contribution in [-0.2, 0) is 0 Å². The summed E-state index contributed by atoms with van der Waals surface area (Å²) in [7, 11) is 0. The maximum atomic E-state index is 12.1. The van der Waals surface area contributed by atoms with Crippen LogP contribution in [0.3, 0.4) is 0 Å². The first-order valence-corrected chi connectivity index (χ1v) is 5.83. The Morgan fingerprint density at radius 2 is 2.00 bits per heavy atom. The third-order valence-electron chi connectivity index (χ3n) is 2.17. The van der Waals surface area contributed by atoms with E-state index in [9.17, 15) is 8.78 Å². The van der Waals surface area contributed by atoms with Crippen LogP contribution in [0.4, 0.5) is 8.78 Å². The van der Waals surface area contributed by atoms with E-state index >= 15 is 0 Å². The summed E-state index contributed by atoms with van der Waals surface area (Å²) in [5.41, 5.74) is 6.63. The smallest absolute Gasteiger partial charge is 0.247 e. The number of alkyl halides is 2. The maximum Gasteiger partial charge on any atom is 0.247 e. The molecule has 1 aromatic carbocycles. The zero-order valence-corrected chi connectivity index (χ0v) is 9.44. The summed E-state index contributed by atoms with van der Waals surface area (Å²) in [6.45, 7) is 2.54. The van der Waals surface area contributed by atoms with Crippen LogP contribution in [0.1, 0.15) is 18.4 Å². The lowest BCUT2D eigenvalue weighted by Gasteiger charge is -2.13. The van der Waals surface area contributed by atoms with Crippen LogP contribution in [-0.4, -0.2) is 18.7 Å². The van der Waals surface area contributed by atoms with Gasteiger partial charge in [-0.2, -0.15) is 0 Å². The summed E-state index contributed by atoms with van der Waals surface area (Å²) >= 11 is 1.19. The van der Waals surface area contributed by atoms with Crippen molar-refractivity contribution in [2.45, 2.75) is 24.2 Å². The van der Waals surface area contributed by atoms with Gasteiger partial charge in [0.25, 0.3) is 0 Å². The van der Waals surface area contributed by atoms with Crippen LogP contribution in [0.15, 0.2) is 29.2 Å². The summed E-state index contributed by atoms with van der Waals surface area (Å²) in [6.07, 6.45) is -2.27. The predicted octanol–water partition coefficient (Wildman–Crippen LogP) is 3.11. The lowest BCUT2D eigenvalue weighted by Crippen LogP contribution is -2.10. The zero-order valence-electron chi connectivity index (χ0n) is 8.62. The molecule has 1 atom stereocenters. The van der Waals surface area contributed by atoms with E-state index in [1.165, 1.54) is 11.8 Å². The molecule has 15 heavy (non-hydrogen) atoms. The summed E-state index contributed by atoms with van der Waals surface area (Å²) in [5, 5.41) is 0. The minimum Gasteiger partial charge on any atom is -0.330 e. The third-order valence-corrected chi connectivity index (χ3v) is 3.27. The van der Waals surface area contributed by atoms with Crippen LogP contribution in [0.2, 0.25) is 0 Å².